The predicted molar refractivity (Wildman–Crippen MR) is 67.9 cm³/mol. The number of aliphatic hydroxyl groups is 2. The van der Waals surface area contributed by atoms with Crippen LogP contribution in [0.5, 0.6) is 11.5 Å². The lowest BCUT2D eigenvalue weighted by Gasteiger charge is -2.21. The fraction of sp³-hybridized carbons (Fsp3) is 0.385. The maximum Gasteiger partial charge on any atom is 0.337 e. The van der Waals surface area contributed by atoms with E-state index in [0.29, 0.717) is 6.29 Å². The highest BCUT2D eigenvalue weighted by Crippen LogP contribution is 2.37. The van der Waals surface area contributed by atoms with Crippen LogP contribution in [0.25, 0.3) is 0 Å². The SMILES string of the molecule is COC(=O)C(O)C(O)c1c(OC)cc(C=O)cc1OC. The van der Waals surface area contributed by atoms with E-state index in [-0.39, 0.29) is 22.6 Å². The molecule has 0 aliphatic carbocycles. The van der Waals surface area contributed by atoms with Gasteiger partial charge >= 0.3 is 5.97 Å². The van der Waals surface area contributed by atoms with Gasteiger partial charge in [0, 0.05) is 5.56 Å². The molecule has 0 saturated carbocycles. The van der Waals surface area contributed by atoms with Crippen molar-refractivity contribution in [2.75, 3.05) is 21.3 Å². The molecule has 0 aromatic heterocycles. The van der Waals surface area contributed by atoms with E-state index in [1.165, 1.54) is 26.4 Å². The molecule has 7 heteroatoms. The summed E-state index contributed by atoms with van der Waals surface area (Å²) in [6.07, 6.45) is -2.84. The summed E-state index contributed by atoms with van der Waals surface area (Å²) in [5.41, 5.74) is 0.320. The van der Waals surface area contributed by atoms with Crippen LogP contribution in [0.2, 0.25) is 0 Å². The fourth-order valence-corrected chi connectivity index (χ4v) is 1.73. The van der Waals surface area contributed by atoms with Gasteiger partial charge in [0.25, 0.3) is 0 Å². The Morgan fingerprint density at radius 3 is 2.00 bits per heavy atom. The molecule has 0 spiro atoms. The number of aldehydes is 1. The van der Waals surface area contributed by atoms with Crippen molar-refractivity contribution in [1.29, 1.82) is 0 Å². The normalized spacial score (nSPS) is 13.2. The molecule has 2 N–H and O–H groups in total. The summed E-state index contributed by atoms with van der Waals surface area (Å²) < 4.78 is 14.5. The van der Waals surface area contributed by atoms with Crippen LogP contribution in [0.4, 0.5) is 0 Å². The molecule has 0 aliphatic heterocycles. The van der Waals surface area contributed by atoms with Crippen LogP contribution >= 0.6 is 0 Å². The molecule has 7 nitrogen and oxygen atoms in total. The van der Waals surface area contributed by atoms with Crippen molar-refractivity contribution in [1.82, 2.24) is 0 Å². The quantitative estimate of drug-likeness (QED) is 0.563. The average Bonchev–Trinajstić information content (AvgIpc) is 2.50. The van der Waals surface area contributed by atoms with Crippen molar-refractivity contribution in [3.63, 3.8) is 0 Å². The van der Waals surface area contributed by atoms with E-state index in [1.807, 2.05) is 0 Å². The van der Waals surface area contributed by atoms with Gasteiger partial charge in [-0.3, -0.25) is 4.79 Å². The number of rotatable bonds is 6. The topological polar surface area (TPSA) is 102 Å². The minimum atomic E-state index is -1.80. The van der Waals surface area contributed by atoms with Crippen LogP contribution in [-0.4, -0.2) is 49.9 Å². The first-order valence-electron chi connectivity index (χ1n) is 5.65. The first-order chi connectivity index (χ1) is 9.49. The van der Waals surface area contributed by atoms with Gasteiger partial charge in [0.2, 0.25) is 0 Å². The molecule has 0 saturated heterocycles. The molecule has 2 atom stereocenters. The minimum Gasteiger partial charge on any atom is -0.496 e. The number of carbonyl (C=O) groups excluding carboxylic acids is 2. The van der Waals surface area contributed by atoms with Gasteiger partial charge < -0.3 is 24.4 Å². The van der Waals surface area contributed by atoms with Crippen molar-refractivity contribution in [3.8, 4) is 11.5 Å². The Kier molecular flexibility index (Phi) is 5.48. The van der Waals surface area contributed by atoms with Gasteiger partial charge in [-0.25, -0.2) is 4.79 Å². The zero-order chi connectivity index (χ0) is 15.3. The lowest BCUT2D eigenvalue weighted by molar-refractivity contribution is -0.156. The molecular formula is C13H16O7. The smallest absolute Gasteiger partial charge is 0.337 e. The van der Waals surface area contributed by atoms with Gasteiger partial charge in [0.1, 0.15) is 23.9 Å². The Morgan fingerprint density at radius 2 is 1.65 bits per heavy atom. The molecule has 0 amide bonds. The van der Waals surface area contributed by atoms with Crippen molar-refractivity contribution in [2.45, 2.75) is 12.2 Å². The lowest BCUT2D eigenvalue weighted by atomic mass is 10.00. The molecule has 0 fully saturated rings. The van der Waals surface area contributed by atoms with Crippen LogP contribution < -0.4 is 9.47 Å². The molecule has 1 aromatic carbocycles. The first-order valence-corrected chi connectivity index (χ1v) is 5.65. The predicted octanol–water partition coefficient (Wildman–Crippen LogP) is 0.0836. The molecule has 20 heavy (non-hydrogen) atoms. The molecule has 2 unspecified atom stereocenters. The summed E-state index contributed by atoms with van der Waals surface area (Å²) in [6.45, 7) is 0. The molecular weight excluding hydrogens is 268 g/mol. The summed E-state index contributed by atoms with van der Waals surface area (Å²) in [5, 5.41) is 19.8. The maximum absolute atomic E-state index is 11.3. The summed E-state index contributed by atoms with van der Waals surface area (Å²) in [6, 6.07) is 2.72. The molecule has 0 aliphatic rings. The summed E-state index contributed by atoms with van der Waals surface area (Å²) >= 11 is 0. The van der Waals surface area contributed by atoms with E-state index in [4.69, 9.17) is 9.47 Å². The van der Waals surface area contributed by atoms with E-state index < -0.39 is 18.2 Å². The number of methoxy groups -OCH3 is 3. The Morgan fingerprint density at radius 1 is 1.15 bits per heavy atom. The van der Waals surface area contributed by atoms with E-state index in [1.54, 1.807) is 0 Å². The number of aliphatic hydroxyl groups excluding tert-OH is 2. The van der Waals surface area contributed by atoms with Gasteiger partial charge in [-0.05, 0) is 12.1 Å². The Labute approximate surface area is 115 Å². The van der Waals surface area contributed by atoms with Crippen molar-refractivity contribution < 1.29 is 34.0 Å². The highest BCUT2D eigenvalue weighted by Gasteiger charge is 2.31. The zero-order valence-corrected chi connectivity index (χ0v) is 11.3. The second kappa shape index (κ2) is 6.88. The molecule has 0 heterocycles. The molecule has 1 aromatic rings. The molecule has 0 radical (unpaired) electrons. The third-order valence-electron chi connectivity index (χ3n) is 2.74. The monoisotopic (exact) mass is 284 g/mol. The van der Waals surface area contributed by atoms with Crippen LogP contribution in [-0.2, 0) is 9.53 Å². The minimum absolute atomic E-state index is 0.0542. The van der Waals surface area contributed by atoms with Gasteiger partial charge in [-0.15, -0.1) is 0 Å². The van der Waals surface area contributed by atoms with Crippen LogP contribution in [0.1, 0.15) is 22.0 Å². The van der Waals surface area contributed by atoms with Gasteiger partial charge in [-0.1, -0.05) is 0 Å². The van der Waals surface area contributed by atoms with Gasteiger partial charge in [-0.2, -0.15) is 0 Å². The zero-order valence-electron chi connectivity index (χ0n) is 11.3. The Bertz CT molecular complexity index is 472. The number of benzene rings is 1. The second-order valence-electron chi connectivity index (χ2n) is 3.87. The summed E-state index contributed by atoms with van der Waals surface area (Å²) in [5.74, 6) is -0.773. The van der Waals surface area contributed by atoms with Crippen LogP contribution in [0.15, 0.2) is 12.1 Å². The van der Waals surface area contributed by atoms with Crippen LogP contribution in [0, 0.1) is 0 Å². The van der Waals surface area contributed by atoms with Crippen LogP contribution in [0.3, 0.4) is 0 Å². The Balaban J connectivity index is 3.34. The van der Waals surface area contributed by atoms with E-state index in [2.05, 4.69) is 4.74 Å². The highest BCUT2D eigenvalue weighted by atomic mass is 16.5. The van der Waals surface area contributed by atoms with Crippen molar-refractivity contribution in [2.24, 2.45) is 0 Å². The van der Waals surface area contributed by atoms with E-state index in [0.717, 1.165) is 7.11 Å². The third kappa shape index (κ3) is 3.06. The van der Waals surface area contributed by atoms with Gasteiger partial charge in [0.15, 0.2) is 6.10 Å². The van der Waals surface area contributed by atoms with Crippen molar-refractivity contribution >= 4 is 12.3 Å². The average molecular weight is 284 g/mol. The second-order valence-corrected chi connectivity index (χ2v) is 3.87. The highest BCUT2D eigenvalue weighted by molar-refractivity contribution is 5.79. The number of esters is 1. The molecule has 110 valence electrons. The van der Waals surface area contributed by atoms with E-state index in [9.17, 15) is 19.8 Å². The fourth-order valence-electron chi connectivity index (χ4n) is 1.73. The summed E-state index contributed by atoms with van der Waals surface area (Å²) in [4.78, 5) is 22.1. The molecule has 0 bridgehead atoms. The standard InChI is InChI=1S/C13H16O7/c1-18-8-4-7(6-14)5-9(19-2)10(8)11(15)12(16)13(17)20-3/h4-6,11-12,15-16H,1-3H3. The first kappa shape index (κ1) is 15.9. The molecule has 1 rings (SSSR count). The largest absolute Gasteiger partial charge is 0.496 e. The van der Waals surface area contributed by atoms with E-state index >= 15 is 0 Å². The third-order valence-corrected chi connectivity index (χ3v) is 2.74. The number of carbonyl (C=O) groups is 2. The number of ether oxygens (including phenoxy) is 3. The van der Waals surface area contributed by atoms with Crippen molar-refractivity contribution in [3.05, 3.63) is 23.3 Å². The number of hydrogen-bond donors (Lipinski definition) is 2. The van der Waals surface area contributed by atoms with Gasteiger partial charge in [0.05, 0.1) is 26.9 Å². The maximum atomic E-state index is 11.3. The Hall–Kier alpha value is -2.12. The lowest BCUT2D eigenvalue weighted by Crippen LogP contribution is -2.29. The number of hydrogen-bond acceptors (Lipinski definition) is 7. The summed E-state index contributed by atoms with van der Waals surface area (Å²) in [7, 11) is 3.73.